The van der Waals surface area contributed by atoms with Gasteiger partial charge in [0.1, 0.15) is 0 Å². The Morgan fingerprint density at radius 1 is 1.14 bits per heavy atom. The Balaban J connectivity index is 2.09. The number of alkyl halides is 3. The van der Waals surface area contributed by atoms with Crippen molar-refractivity contribution in [2.24, 2.45) is 0 Å². The lowest BCUT2D eigenvalue weighted by molar-refractivity contribution is -0.130. The number of hydrogen-bond acceptors (Lipinski definition) is 2. The van der Waals surface area contributed by atoms with Gasteiger partial charge in [-0.2, -0.15) is 13.2 Å². The van der Waals surface area contributed by atoms with Crippen molar-refractivity contribution in [1.82, 2.24) is 4.31 Å². The first kappa shape index (κ1) is 17.3. The zero-order valence-corrected chi connectivity index (χ0v) is 13.0. The number of benzene rings is 1. The average Bonchev–Trinajstić information content (AvgIpc) is 2.72. The van der Waals surface area contributed by atoms with Crippen molar-refractivity contribution in [3.05, 3.63) is 35.9 Å². The first-order valence-corrected chi connectivity index (χ1v) is 8.98. The lowest BCUT2D eigenvalue weighted by atomic mass is 9.95. The first-order chi connectivity index (χ1) is 10.3. The molecule has 3 nitrogen and oxygen atoms in total. The van der Waals surface area contributed by atoms with Gasteiger partial charge in [-0.1, -0.05) is 36.8 Å². The van der Waals surface area contributed by atoms with Crippen LogP contribution in [0.2, 0.25) is 0 Å². The van der Waals surface area contributed by atoms with Gasteiger partial charge in [-0.05, 0) is 24.3 Å². The van der Waals surface area contributed by atoms with E-state index in [0.717, 1.165) is 18.4 Å². The average molecular weight is 335 g/mol. The Morgan fingerprint density at radius 3 is 2.45 bits per heavy atom. The predicted octanol–water partition coefficient (Wildman–Crippen LogP) is 3.54. The smallest absolute Gasteiger partial charge is 0.212 e. The van der Waals surface area contributed by atoms with Crippen LogP contribution >= 0.6 is 0 Å². The molecule has 2 rings (SSSR count). The minimum Gasteiger partial charge on any atom is -0.212 e. The first-order valence-electron chi connectivity index (χ1n) is 7.37. The maximum atomic E-state index is 12.3. The van der Waals surface area contributed by atoms with E-state index in [1.54, 1.807) is 0 Å². The van der Waals surface area contributed by atoms with Gasteiger partial charge in [-0.25, -0.2) is 12.7 Å². The van der Waals surface area contributed by atoms with Gasteiger partial charge in [0.05, 0.1) is 12.2 Å². The molecular formula is C15H20F3NO2S. The maximum absolute atomic E-state index is 12.3. The van der Waals surface area contributed by atoms with E-state index in [1.165, 1.54) is 4.31 Å². The Morgan fingerprint density at radius 2 is 1.82 bits per heavy atom. The molecule has 1 aromatic rings. The van der Waals surface area contributed by atoms with Gasteiger partial charge in [-0.15, -0.1) is 0 Å². The highest BCUT2D eigenvalue weighted by atomic mass is 32.2. The fourth-order valence-electron chi connectivity index (χ4n) is 2.73. The summed E-state index contributed by atoms with van der Waals surface area (Å²) in [5.74, 6) is -0.817. The molecule has 0 aliphatic carbocycles. The molecule has 0 radical (unpaired) electrons. The Bertz CT molecular complexity index is 572. The maximum Gasteiger partial charge on any atom is 0.390 e. The van der Waals surface area contributed by atoms with Gasteiger partial charge in [0, 0.05) is 13.1 Å². The van der Waals surface area contributed by atoms with Crippen LogP contribution in [-0.2, 0) is 10.0 Å². The minimum absolute atomic E-state index is 0.0457. The van der Waals surface area contributed by atoms with E-state index in [0.29, 0.717) is 13.0 Å². The summed E-state index contributed by atoms with van der Waals surface area (Å²) in [5, 5.41) is 0. The third kappa shape index (κ3) is 4.98. The minimum atomic E-state index is -4.45. The molecule has 1 atom stereocenters. The van der Waals surface area contributed by atoms with Crippen LogP contribution in [0.5, 0.6) is 0 Å². The van der Waals surface area contributed by atoms with E-state index in [1.807, 2.05) is 30.3 Å². The van der Waals surface area contributed by atoms with Gasteiger partial charge in [0.2, 0.25) is 10.0 Å². The van der Waals surface area contributed by atoms with E-state index in [4.69, 9.17) is 0 Å². The summed E-state index contributed by atoms with van der Waals surface area (Å²) in [6.45, 7) is 0.577. The van der Waals surface area contributed by atoms with Crippen molar-refractivity contribution < 1.29 is 21.6 Å². The lowest BCUT2D eigenvalue weighted by Gasteiger charge is -2.24. The largest absolute Gasteiger partial charge is 0.390 e. The highest BCUT2D eigenvalue weighted by molar-refractivity contribution is 7.89. The monoisotopic (exact) mass is 335 g/mol. The van der Waals surface area contributed by atoms with E-state index in [2.05, 4.69) is 0 Å². The quantitative estimate of drug-likeness (QED) is 0.844. The molecule has 0 amide bonds. The van der Waals surface area contributed by atoms with Crippen molar-refractivity contribution in [3.63, 3.8) is 0 Å². The molecule has 1 heterocycles. The molecular weight excluding hydrogens is 315 g/mol. The van der Waals surface area contributed by atoms with Gasteiger partial charge < -0.3 is 0 Å². The number of nitrogens with zero attached hydrogens (tertiary/aromatic N) is 1. The summed E-state index contributed by atoms with van der Waals surface area (Å²) in [6.07, 6.45) is -3.31. The normalized spacial score (nSPS) is 21.5. The van der Waals surface area contributed by atoms with Crippen molar-refractivity contribution in [2.75, 3.05) is 18.8 Å². The van der Waals surface area contributed by atoms with Crippen LogP contribution in [0.4, 0.5) is 13.2 Å². The fraction of sp³-hybridized carbons (Fsp3) is 0.600. The molecule has 0 spiro atoms. The van der Waals surface area contributed by atoms with Crippen molar-refractivity contribution >= 4 is 10.0 Å². The number of halogens is 3. The van der Waals surface area contributed by atoms with Crippen LogP contribution in [0, 0.1) is 0 Å². The SMILES string of the molecule is O=S(=O)(CCC(F)(F)F)N1CCCC[C@@H](c2ccccc2)C1. The summed E-state index contributed by atoms with van der Waals surface area (Å²) < 4.78 is 62.5. The number of sulfonamides is 1. The molecule has 7 heteroatoms. The molecule has 0 aromatic heterocycles. The van der Waals surface area contributed by atoms with Gasteiger partial charge in [0.25, 0.3) is 0 Å². The molecule has 22 heavy (non-hydrogen) atoms. The molecule has 124 valence electrons. The Kier molecular flexibility index (Phi) is 5.50. The third-order valence-corrected chi connectivity index (χ3v) is 5.78. The van der Waals surface area contributed by atoms with Crippen LogP contribution in [0.15, 0.2) is 30.3 Å². The summed E-state index contributed by atoms with van der Waals surface area (Å²) in [6, 6.07) is 9.55. The standard InChI is InChI=1S/C15H20F3NO2S/c16-15(17,18)9-11-22(20,21)19-10-5-4-8-14(12-19)13-6-2-1-3-7-13/h1-3,6-7,14H,4-5,8-12H2/t14-/m1/s1. The molecule has 1 fully saturated rings. The predicted molar refractivity (Wildman–Crippen MR) is 79.1 cm³/mol. The van der Waals surface area contributed by atoms with Gasteiger partial charge >= 0.3 is 6.18 Å². The zero-order chi connectivity index (χ0) is 16.2. The molecule has 0 bridgehead atoms. The van der Waals surface area contributed by atoms with E-state index >= 15 is 0 Å². The zero-order valence-electron chi connectivity index (χ0n) is 12.2. The van der Waals surface area contributed by atoms with Crippen LogP contribution < -0.4 is 0 Å². The van der Waals surface area contributed by atoms with Crippen LogP contribution in [0.1, 0.15) is 37.2 Å². The molecule has 0 saturated carbocycles. The summed E-state index contributed by atoms with van der Waals surface area (Å²) >= 11 is 0. The van der Waals surface area contributed by atoms with Gasteiger partial charge in [-0.3, -0.25) is 0 Å². The number of hydrogen-bond donors (Lipinski definition) is 0. The summed E-state index contributed by atoms with van der Waals surface area (Å²) in [5.41, 5.74) is 1.04. The fourth-order valence-corrected chi connectivity index (χ4v) is 4.29. The second kappa shape index (κ2) is 7.00. The van der Waals surface area contributed by atoms with Crippen molar-refractivity contribution in [1.29, 1.82) is 0 Å². The second-order valence-electron chi connectivity index (χ2n) is 5.64. The Hall–Kier alpha value is -1.08. The second-order valence-corrected chi connectivity index (χ2v) is 7.73. The molecule has 0 unspecified atom stereocenters. The van der Waals surface area contributed by atoms with Crippen LogP contribution in [-0.4, -0.2) is 37.7 Å². The van der Waals surface area contributed by atoms with Crippen LogP contribution in [0.3, 0.4) is 0 Å². The molecule has 1 aromatic carbocycles. The molecule has 1 aliphatic heterocycles. The lowest BCUT2D eigenvalue weighted by Crippen LogP contribution is -2.36. The van der Waals surface area contributed by atoms with Crippen molar-refractivity contribution in [2.45, 2.75) is 37.8 Å². The Labute approximate surface area is 129 Å². The van der Waals surface area contributed by atoms with E-state index in [9.17, 15) is 21.6 Å². The third-order valence-electron chi connectivity index (χ3n) is 3.94. The number of rotatable bonds is 4. The van der Waals surface area contributed by atoms with E-state index < -0.39 is 28.4 Å². The summed E-state index contributed by atoms with van der Waals surface area (Å²) in [7, 11) is -3.87. The molecule has 0 N–H and O–H groups in total. The van der Waals surface area contributed by atoms with Crippen LogP contribution in [0.25, 0.3) is 0 Å². The van der Waals surface area contributed by atoms with Crippen molar-refractivity contribution in [3.8, 4) is 0 Å². The highest BCUT2D eigenvalue weighted by Crippen LogP contribution is 2.29. The van der Waals surface area contributed by atoms with E-state index in [-0.39, 0.29) is 12.5 Å². The summed E-state index contributed by atoms with van der Waals surface area (Å²) in [4.78, 5) is 0. The topological polar surface area (TPSA) is 37.4 Å². The highest BCUT2D eigenvalue weighted by Gasteiger charge is 2.34. The molecule has 1 aliphatic rings. The molecule has 1 saturated heterocycles. The van der Waals surface area contributed by atoms with Gasteiger partial charge in [0.15, 0.2) is 0 Å².